The second-order valence-electron chi connectivity index (χ2n) is 7.96. The first-order chi connectivity index (χ1) is 14.2. The molecule has 1 amide bonds. The normalized spacial score (nSPS) is 16.4. The number of nitrogens with zero attached hydrogens (tertiary/aromatic N) is 1. The van der Waals surface area contributed by atoms with Gasteiger partial charge in [0, 0.05) is 26.1 Å². The molecule has 0 saturated heterocycles. The van der Waals surface area contributed by atoms with Crippen molar-refractivity contribution in [1.29, 1.82) is 0 Å². The number of nitrogens with one attached hydrogen (secondary N) is 1. The molecule has 162 valence electrons. The number of hydrogen-bond acceptors (Lipinski definition) is 3. The predicted molar refractivity (Wildman–Crippen MR) is 116 cm³/mol. The lowest BCUT2D eigenvalue weighted by Crippen LogP contribution is -2.42. The Labute approximate surface area is 182 Å². The molecule has 0 aromatic heterocycles. The number of carbonyl (C=O) groups is 1. The summed E-state index contributed by atoms with van der Waals surface area (Å²) >= 11 is 6.20. The zero-order valence-corrected chi connectivity index (χ0v) is 18.7. The Hall–Kier alpha value is -1.96. The Bertz CT molecular complexity index is 1020. The number of benzene rings is 2. The van der Waals surface area contributed by atoms with Gasteiger partial charge in [-0.3, -0.25) is 4.79 Å². The molecule has 0 heterocycles. The van der Waals surface area contributed by atoms with E-state index in [2.05, 4.69) is 5.32 Å². The molecule has 1 aliphatic carbocycles. The molecule has 0 bridgehead atoms. The largest absolute Gasteiger partial charge is 0.351 e. The number of hydrogen-bond donors (Lipinski definition) is 1. The van der Waals surface area contributed by atoms with Crippen LogP contribution in [0.4, 0.5) is 4.39 Å². The summed E-state index contributed by atoms with van der Waals surface area (Å²) in [4.78, 5) is 12.9. The van der Waals surface area contributed by atoms with E-state index in [1.54, 1.807) is 12.1 Å². The van der Waals surface area contributed by atoms with E-state index in [0.29, 0.717) is 6.54 Å². The zero-order valence-electron chi connectivity index (χ0n) is 17.1. The van der Waals surface area contributed by atoms with E-state index in [9.17, 15) is 17.6 Å². The van der Waals surface area contributed by atoms with Crippen molar-refractivity contribution in [3.05, 3.63) is 64.4 Å². The summed E-state index contributed by atoms with van der Waals surface area (Å²) in [6.45, 7) is 0.373. The molecule has 1 aliphatic rings. The molecule has 2 aromatic carbocycles. The van der Waals surface area contributed by atoms with Crippen LogP contribution in [0.15, 0.2) is 47.4 Å². The maximum Gasteiger partial charge on any atom is 0.252 e. The van der Waals surface area contributed by atoms with Crippen LogP contribution >= 0.6 is 11.6 Å². The van der Waals surface area contributed by atoms with Gasteiger partial charge in [-0.15, -0.1) is 0 Å². The van der Waals surface area contributed by atoms with Gasteiger partial charge < -0.3 is 5.32 Å². The van der Waals surface area contributed by atoms with Crippen LogP contribution in [0.2, 0.25) is 5.02 Å². The summed E-state index contributed by atoms with van der Waals surface area (Å²) in [5.74, 6) is -0.720. The average Bonchev–Trinajstić information content (AvgIpc) is 2.73. The van der Waals surface area contributed by atoms with Crippen molar-refractivity contribution in [1.82, 2.24) is 9.62 Å². The minimum Gasteiger partial charge on any atom is -0.351 e. The lowest BCUT2D eigenvalue weighted by atomic mass is 9.69. The molecule has 1 fully saturated rings. The summed E-state index contributed by atoms with van der Waals surface area (Å²) in [5.41, 5.74) is 0.838. The van der Waals surface area contributed by atoms with Crippen molar-refractivity contribution in [2.45, 2.75) is 42.4 Å². The summed E-state index contributed by atoms with van der Waals surface area (Å²) < 4.78 is 39.3. The summed E-state index contributed by atoms with van der Waals surface area (Å²) in [6, 6.07) is 10.6. The molecule has 0 radical (unpaired) electrons. The minimum absolute atomic E-state index is 0.00737. The van der Waals surface area contributed by atoms with Crippen LogP contribution in [0, 0.1) is 5.82 Å². The first kappa shape index (κ1) is 22.7. The monoisotopic (exact) mass is 452 g/mol. The summed E-state index contributed by atoms with van der Waals surface area (Å²) in [6.07, 6.45) is 4.98. The first-order valence-electron chi connectivity index (χ1n) is 9.92. The maximum absolute atomic E-state index is 13.4. The molecule has 1 N–H and O–H groups in total. The van der Waals surface area contributed by atoms with Gasteiger partial charge in [-0.25, -0.2) is 17.1 Å². The second-order valence-corrected chi connectivity index (χ2v) is 10.5. The van der Waals surface area contributed by atoms with Crippen LogP contribution in [0.1, 0.15) is 48.0 Å². The van der Waals surface area contributed by atoms with Crippen LogP contribution in [-0.2, 0) is 15.4 Å². The molecule has 0 aliphatic heterocycles. The highest BCUT2D eigenvalue weighted by molar-refractivity contribution is 7.89. The van der Waals surface area contributed by atoms with E-state index in [1.807, 2.05) is 0 Å². The predicted octanol–water partition coefficient (Wildman–Crippen LogP) is 4.36. The Morgan fingerprint density at radius 3 is 2.33 bits per heavy atom. The van der Waals surface area contributed by atoms with Gasteiger partial charge in [-0.05, 0) is 48.7 Å². The van der Waals surface area contributed by atoms with Gasteiger partial charge >= 0.3 is 0 Å². The fourth-order valence-electron chi connectivity index (χ4n) is 3.99. The number of rotatable bonds is 6. The number of carbonyl (C=O) groups excluding carboxylic acids is 1. The molecule has 0 unspecified atom stereocenters. The fourth-order valence-corrected chi connectivity index (χ4v) is 5.13. The number of amides is 1. The molecule has 3 rings (SSSR count). The molecule has 30 heavy (non-hydrogen) atoms. The molecule has 0 atom stereocenters. The van der Waals surface area contributed by atoms with E-state index in [4.69, 9.17) is 11.6 Å². The zero-order chi connectivity index (χ0) is 21.9. The average molecular weight is 453 g/mol. The van der Waals surface area contributed by atoms with Crippen molar-refractivity contribution < 1.29 is 17.6 Å². The molecule has 1 saturated carbocycles. The van der Waals surface area contributed by atoms with Gasteiger partial charge in [0.1, 0.15) is 5.82 Å². The van der Waals surface area contributed by atoms with Crippen LogP contribution in [0.5, 0.6) is 0 Å². The highest BCUT2D eigenvalue weighted by atomic mass is 35.5. The van der Waals surface area contributed by atoms with Gasteiger partial charge in [-0.1, -0.05) is 43.0 Å². The highest BCUT2D eigenvalue weighted by Gasteiger charge is 2.34. The van der Waals surface area contributed by atoms with Crippen molar-refractivity contribution in [3.8, 4) is 0 Å². The fraction of sp³-hybridized carbons (Fsp3) is 0.409. The molecule has 8 heteroatoms. The Kier molecular flexibility index (Phi) is 6.84. The Morgan fingerprint density at radius 2 is 1.73 bits per heavy atom. The smallest absolute Gasteiger partial charge is 0.252 e. The second kappa shape index (κ2) is 9.04. The van der Waals surface area contributed by atoms with Crippen LogP contribution in [0.25, 0.3) is 0 Å². The molecular formula is C22H26ClFN2O3S. The van der Waals surface area contributed by atoms with Gasteiger partial charge in [-0.2, -0.15) is 0 Å². The van der Waals surface area contributed by atoms with Crippen molar-refractivity contribution in [2.24, 2.45) is 0 Å². The van der Waals surface area contributed by atoms with Gasteiger partial charge in [0.15, 0.2) is 0 Å². The molecular weight excluding hydrogens is 427 g/mol. The molecule has 0 spiro atoms. The maximum atomic E-state index is 13.4. The van der Waals surface area contributed by atoms with Crippen LogP contribution < -0.4 is 5.32 Å². The molecule has 2 aromatic rings. The molecule has 5 nitrogen and oxygen atoms in total. The topological polar surface area (TPSA) is 66.5 Å². The Balaban J connectivity index is 1.85. The summed E-state index contributed by atoms with van der Waals surface area (Å²) in [7, 11) is -0.826. The van der Waals surface area contributed by atoms with Crippen LogP contribution in [-0.4, -0.2) is 39.3 Å². The number of sulfonamides is 1. The SMILES string of the molecule is CN(C)S(=O)(=O)c1ccc(Cl)c(C(=O)NCC2(c3ccc(F)cc3)CCCCC2)c1. The van der Waals surface area contributed by atoms with Gasteiger partial charge in [0.2, 0.25) is 10.0 Å². The third-order valence-corrected chi connectivity index (χ3v) is 7.96. The summed E-state index contributed by atoms with van der Waals surface area (Å²) in [5, 5.41) is 3.13. The van der Waals surface area contributed by atoms with Crippen molar-refractivity contribution >= 4 is 27.5 Å². The third kappa shape index (κ3) is 4.68. The Morgan fingerprint density at radius 1 is 1.10 bits per heavy atom. The standard InChI is InChI=1S/C22H26ClFN2O3S/c1-26(2)30(28,29)18-10-11-20(23)19(14-18)21(27)25-15-22(12-4-3-5-13-22)16-6-8-17(24)9-7-16/h6-11,14H,3-5,12-13,15H2,1-2H3,(H,25,27). The lowest BCUT2D eigenvalue weighted by Gasteiger charge is -2.38. The first-order valence-corrected chi connectivity index (χ1v) is 11.7. The van der Waals surface area contributed by atoms with Crippen LogP contribution in [0.3, 0.4) is 0 Å². The van der Waals surface area contributed by atoms with E-state index < -0.39 is 15.9 Å². The van der Waals surface area contributed by atoms with E-state index in [1.165, 1.54) is 44.4 Å². The van der Waals surface area contributed by atoms with Gasteiger partial charge in [0.25, 0.3) is 5.91 Å². The van der Waals surface area contributed by atoms with Gasteiger partial charge in [0.05, 0.1) is 15.5 Å². The third-order valence-electron chi connectivity index (χ3n) is 5.82. The van der Waals surface area contributed by atoms with Crippen molar-refractivity contribution in [2.75, 3.05) is 20.6 Å². The van der Waals surface area contributed by atoms with E-state index >= 15 is 0 Å². The lowest BCUT2D eigenvalue weighted by molar-refractivity contribution is 0.0936. The van der Waals surface area contributed by atoms with E-state index in [-0.39, 0.29) is 26.7 Å². The van der Waals surface area contributed by atoms with Crippen molar-refractivity contribution in [3.63, 3.8) is 0 Å². The quantitative estimate of drug-likeness (QED) is 0.708. The van der Waals surface area contributed by atoms with E-state index in [0.717, 1.165) is 42.0 Å². The minimum atomic E-state index is -3.69. The highest BCUT2D eigenvalue weighted by Crippen LogP contribution is 2.39. The number of halogens is 2.